The summed E-state index contributed by atoms with van der Waals surface area (Å²) >= 11 is 1.59. The van der Waals surface area contributed by atoms with E-state index in [1.54, 1.807) is 29.7 Å². The van der Waals surface area contributed by atoms with Crippen LogP contribution in [0.2, 0.25) is 0 Å². The molecule has 12 rings (SSSR count). The lowest BCUT2D eigenvalue weighted by atomic mass is 9.91. The number of β-amino-alcohol motifs (C(OH)–C–C–N with tert-alkyl or cyclic N) is 1. The summed E-state index contributed by atoms with van der Waals surface area (Å²) in [5.74, 6) is 0.367. The molecular weight excluding hydrogens is 1030 g/mol. The van der Waals surface area contributed by atoms with Crippen LogP contribution in [0.4, 0.5) is 16.0 Å². The summed E-state index contributed by atoms with van der Waals surface area (Å²) < 4.78 is 29.8. The number of pyridine rings is 1. The highest BCUT2D eigenvalue weighted by molar-refractivity contribution is 7.13. The van der Waals surface area contributed by atoms with Crippen molar-refractivity contribution in [2.45, 2.75) is 128 Å². The molecule has 4 unspecified atom stereocenters. The second kappa shape index (κ2) is 22.6. The first-order valence-electron chi connectivity index (χ1n) is 28.8. The van der Waals surface area contributed by atoms with Gasteiger partial charge < -0.3 is 49.7 Å². The Hall–Kier alpha value is -6.80. The topological polar surface area (TPSA) is 198 Å². The first-order valence-corrected chi connectivity index (χ1v) is 29.6. The number of rotatable bonds is 15. The minimum atomic E-state index is -0.822. The van der Waals surface area contributed by atoms with Crippen molar-refractivity contribution in [3.63, 3.8) is 0 Å². The number of hydrogen-bond donors (Lipinski definition) is 4. The zero-order valence-electron chi connectivity index (χ0n) is 46.3. The number of thiazole rings is 1. The van der Waals surface area contributed by atoms with E-state index in [0.717, 1.165) is 129 Å². The Morgan fingerprint density at radius 1 is 0.925 bits per heavy atom. The van der Waals surface area contributed by atoms with Crippen LogP contribution in [0.5, 0.6) is 11.8 Å². The average Bonchev–Trinajstić information content (AvgIpc) is 4.33. The van der Waals surface area contributed by atoms with E-state index < -0.39 is 23.9 Å². The monoisotopic (exact) mass is 1110 g/mol. The van der Waals surface area contributed by atoms with Crippen molar-refractivity contribution in [1.82, 2.24) is 45.5 Å². The third kappa shape index (κ3) is 10.8. The van der Waals surface area contributed by atoms with Gasteiger partial charge in [0.15, 0.2) is 17.4 Å². The van der Waals surface area contributed by atoms with Gasteiger partial charge in [0.1, 0.15) is 40.8 Å². The lowest BCUT2D eigenvalue weighted by Crippen LogP contribution is -2.51. The number of phenols is 1. The van der Waals surface area contributed by atoms with Crippen molar-refractivity contribution >= 4 is 56.5 Å². The van der Waals surface area contributed by atoms with Gasteiger partial charge in [0.25, 0.3) is 0 Å². The average molecular weight is 1110 g/mol. The smallest absolute Gasteiger partial charge is 0.319 e. The number of likely N-dealkylation sites (tertiary alicyclic amines) is 2. The van der Waals surface area contributed by atoms with Gasteiger partial charge >= 0.3 is 6.01 Å². The number of anilines is 2. The van der Waals surface area contributed by atoms with Gasteiger partial charge in [0.2, 0.25) is 11.8 Å². The number of benzene rings is 3. The van der Waals surface area contributed by atoms with Gasteiger partial charge in [-0.2, -0.15) is 9.97 Å². The molecule has 19 heteroatoms. The third-order valence-electron chi connectivity index (χ3n) is 17.5. The van der Waals surface area contributed by atoms with Gasteiger partial charge in [-0.15, -0.1) is 11.3 Å². The van der Waals surface area contributed by atoms with Gasteiger partial charge in [-0.1, -0.05) is 68.4 Å². The number of nitrogens with zero attached hydrogens (tertiary/aromatic N) is 9. The van der Waals surface area contributed by atoms with Crippen molar-refractivity contribution in [2.24, 2.45) is 11.8 Å². The molecular formula is C61H72FN11O6S. The summed E-state index contributed by atoms with van der Waals surface area (Å²) in [5, 5.41) is 35.2. The van der Waals surface area contributed by atoms with Crippen LogP contribution in [0, 0.1) is 24.6 Å². The number of aliphatic hydroxyl groups excluding tert-OH is 1. The van der Waals surface area contributed by atoms with Crippen molar-refractivity contribution in [2.75, 3.05) is 62.2 Å². The molecule has 4 aromatic heterocycles. The number of piperidine rings is 2. The van der Waals surface area contributed by atoms with Crippen LogP contribution in [0.1, 0.15) is 107 Å². The van der Waals surface area contributed by atoms with Crippen LogP contribution in [0.25, 0.3) is 43.4 Å². The number of aryl methyl sites for hydroxylation is 2. The molecule has 2 bridgehead atoms. The number of aliphatic hydroxyl groups is 1. The largest absolute Gasteiger partial charge is 0.508 e. The molecule has 80 heavy (non-hydrogen) atoms. The van der Waals surface area contributed by atoms with Crippen molar-refractivity contribution in [1.29, 1.82) is 0 Å². The Morgan fingerprint density at radius 2 is 1.69 bits per heavy atom. The summed E-state index contributed by atoms with van der Waals surface area (Å²) in [6, 6.07) is 18.9. The quantitative estimate of drug-likeness (QED) is 0.0758. The maximum absolute atomic E-state index is 17.2. The molecule has 5 fully saturated rings. The van der Waals surface area contributed by atoms with Crippen molar-refractivity contribution < 1.29 is 33.5 Å². The predicted octanol–water partition coefficient (Wildman–Crippen LogP) is 8.95. The first kappa shape index (κ1) is 53.8. The molecule has 9 heterocycles. The molecule has 6 atom stereocenters. The van der Waals surface area contributed by atoms with Crippen LogP contribution in [-0.4, -0.2) is 140 Å². The number of aromatic nitrogens is 5. The fraction of sp³-hybridized carbons (Fsp3) is 0.492. The summed E-state index contributed by atoms with van der Waals surface area (Å²) in [4.78, 5) is 56.9. The van der Waals surface area contributed by atoms with Crippen LogP contribution in [0.15, 0.2) is 76.9 Å². The number of nitrogens with one attached hydrogen (secondary N) is 2. The molecule has 0 saturated carbocycles. The number of carbonyl (C=O) groups excluding carboxylic acids is 2. The zero-order valence-corrected chi connectivity index (χ0v) is 47.1. The Labute approximate surface area is 469 Å². The van der Waals surface area contributed by atoms with E-state index in [1.807, 2.05) is 81.7 Å². The molecule has 420 valence electrons. The maximum atomic E-state index is 17.2. The maximum Gasteiger partial charge on any atom is 0.319 e. The molecule has 2 amide bonds. The Bertz CT molecular complexity index is 3380. The van der Waals surface area contributed by atoms with E-state index in [1.165, 1.54) is 4.90 Å². The van der Waals surface area contributed by atoms with Crippen LogP contribution < -0.4 is 25.2 Å². The number of piperazine rings is 1. The number of halogens is 1. The first-order chi connectivity index (χ1) is 38.7. The molecule has 17 nitrogen and oxygen atoms in total. The SMILES string of the molecule is CCc1cccc2cc(O)cc(-c3ncc4c(N5CC6CCC(C5)N6)nc(OC5CCN(CC6CCN(c7cc(C(C(=O)N8C[C@H](O)C[C@H]8C(=O)NC(C)c8ccc(-c9scnc9C)cc8)C(C)C)on7)CC6)CC5)nc4c3F)c12. The number of fused-ring (bicyclic) bond motifs is 4. The van der Waals surface area contributed by atoms with Gasteiger partial charge in [-0.3, -0.25) is 14.6 Å². The molecule has 3 aromatic carbocycles. The van der Waals surface area contributed by atoms with Gasteiger partial charge in [-0.05, 0) is 110 Å². The number of phenolic OH excluding ortho intramolecular Hbond substituents is 1. The van der Waals surface area contributed by atoms with Crippen LogP contribution in [-0.2, 0) is 16.0 Å². The van der Waals surface area contributed by atoms with Crippen LogP contribution >= 0.6 is 11.3 Å². The van der Waals surface area contributed by atoms with Gasteiger partial charge in [0.05, 0.1) is 33.6 Å². The van der Waals surface area contributed by atoms with E-state index in [9.17, 15) is 19.8 Å². The number of amides is 2. The molecule has 7 aromatic rings. The number of hydrogen-bond acceptors (Lipinski definition) is 16. The molecule has 0 spiro atoms. The van der Waals surface area contributed by atoms with E-state index in [4.69, 9.17) is 24.2 Å². The lowest BCUT2D eigenvalue weighted by Gasteiger charge is -2.37. The van der Waals surface area contributed by atoms with Gasteiger partial charge in [0, 0.05) is 88.7 Å². The summed E-state index contributed by atoms with van der Waals surface area (Å²) in [6.45, 7) is 15.8. The molecule has 4 N–H and O–H groups in total. The van der Waals surface area contributed by atoms with Crippen molar-refractivity contribution in [3.8, 4) is 33.5 Å². The van der Waals surface area contributed by atoms with Gasteiger partial charge in [-0.25, -0.2) is 9.37 Å². The fourth-order valence-corrected chi connectivity index (χ4v) is 14.0. The van der Waals surface area contributed by atoms with E-state index >= 15 is 4.39 Å². The third-order valence-corrected chi connectivity index (χ3v) is 18.5. The number of aromatic hydroxyl groups is 1. The highest BCUT2D eigenvalue weighted by atomic mass is 32.1. The second-order valence-electron chi connectivity index (χ2n) is 23.3. The standard InChI is InChI=1S/C61H72FN11O6S/c1-6-38-8-7-9-41-24-44(74)25-47(53(38)41)55-54(62)56-48(28-63-55)58(72-30-42-14-15-43(31-72)66-42)68-61(67-56)78-46-18-20-70(21-19-46)29-37-16-22-71(23-17-37)51-27-50(79-69-51)52(34(2)3)60(77)73-32-45(75)26-49(73)59(76)65-35(4)39-10-12-40(13-11-39)57-36(5)64-33-80-57/h7-13,24-25,27-28,33-35,37,42-43,45-46,49,52,66,74-75H,6,14-23,26,29-32H2,1-5H3,(H,65,76)/t35?,42?,43?,45-,49+,52?/m1/s1. The zero-order chi connectivity index (χ0) is 55.3. The fourth-order valence-electron chi connectivity index (χ4n) is 13.2. The van der Waals surface area contributed by atoms with Crippen LogP contribution in [0.3, 0.4) is 0 Å². The minimum Gasteiger partial charge on any atom is -0.508 e. The summed E-state index contributed by atoms with van der Waals surface area (Å²) in [5.41, 5.74) is 6.69. The summed E-state index contributed by atoms with van der Waals surface area (Å²) in [7, 11) is 0. The number of carbonyl (C=O) groups is 2. The Kier molecular flexibility index (Phi) is 15.2. The molecule has 5 saturated heterocycles. The molecule has 5 aliphatic heterocycles. The molecule has 0 radical (unpaired) electrons. The number of ether oxygens (including phenoxy) is 1. The predicted molar refractivity (Wildman–Crippen MR) is 308 cm³/mol. The highest BCUT2D eigenvalue weighted by Crippen LogP contribution is 2.40. The second-order valence-corrected chi connectivity index (χ2v) is 24.1. The lowest BCUT2D eigenvalue weighted by molar-refractivity contribution is -0.141. The highest BCUT2D eigenvalue weighted by Gasteiger charge is 2.44. The molecule has 0 aliphatic carbocycles. The molecule has 5 aliphatic rings. The summed E-state index contributed by atoms with van der Waals surface area (Å²) in [6.07, 6.45) is 7.32. The van der Waals surface area contributed by atoms with Crippen molar-refractivity contribution in [3.05, 3.63) is 101 Å². The van der Waals surface area contributed by atoms with E-state index in [2.05, 4.69) is 42.4 Å². The van der Waals surface area contributed by atoms with E-state index in [-0.39, 0.29) is 65.8 Å². The minimum absolute atomic E-state index is 0.0436. The normalized spacial score (nSPS) is 22.0. The Morgan fingerprint density at radius 3 is 2.40 bits per heavy atom. The van der Waals surface area contributed by atoms with E-state index in [0.29, 0.717) is 46.3 Å². The Balaban J connectivity index is 0.666.